The minimum Gasteiger partial charge on any atom is -0.507 e. The average Bonchev–Trinajstić information content (AvgIpc) is 2.49. The molecule has 0 amide bonds. The first-order valence-electron chi connectivity index (χ1n) is 5.98. The van der Waals surface area contributed by atoms with Crippen LogP contribution in [0.25, 0.3) is 0 Å². The first-order chi connectivity index (χ1) is 7.50. The quantitative estimate of drug-likeness (QED) is 0.695. The highest BCUT2D eigenvalue weighted by atomic mass is 16.3. The monoisotopic (exact) mass is 216 g/mol. The summed E-state index contributed by atoms with van der Waals surface area (Å²) in [5.74, 6) is 1.46. The molecule has 1 aliphatic carbocycles. The van der Waals surface area contributed by atoms with Crippen molar-refractivity contribution in [3.63, 3.8) is 0 Å². The number of phenolic OH excluding ortho intramolecular Hbond substituents is 1. The van der Waals surface area contributed by atoms with Crippen molar-refractivity contribution in [3.8, 4) is 5.75 Å². The minimum absolute atomic E-state index is 0.398. The molecule has 86 valence electrons. The number of aromatic hydroxyl groups is 1. The van der Waals surface area contributed by atoms with Crippen LogP contribution in [0.5, 0.6) is 5.75 Å². The molecule has 1 aliphatic rings. The molecule has 0 saturated carbocycles. The first-order valence-corrected chi connectivity index (χ1v) is 5.98. The minimum atomic E-state index is 0.398. The molecule has 0 aromatic heterocycles. The van der Waals surface area contributed by atoms with Gasteiger partial charge < -0.3 is 5.11 Å². The lowest BCUT2D eigenvalue weighted by Crippen LogP contribution is -1.92. The molecule has 1 aromatic rings. The number of aryl methyl sites for hydroxylation is 1. The zero-order chi connectivity index (χ0) is 11.9. The van der Waals surface area contributed by atoms with Crippen molar-refractivity contribution in [2.45, 2.75) is 46.0 Å². The van der Waals surface area contributed by atoms with E-state index in [0.29, 0.717) is 17.6 Å². The van der Waals surface area contributed by atoms with E-state index in [4.69, 9.17) is 0 Å². The number of rotatable bonds is 1. The molecule has 0 radical (unpaired) electrons. The summed E-state index contributed by atoms with van der Waals surface area (Å²) in [6.07, 6.45) is 3.40. The zero-order valence-electron chi connectivity index (χ0n) is 10.5. The Kier molecular flexibility index (Phi) is 2.79. The Bertz CT molecular complexity index is 439. The summed E-state index contributed by atoms with van der Waals surface area (Å²) in [6.45, 7) is 8.45. The Morgan fingerprint density at radius 3 is 2.69 bits per heavy atom. The lowest BCUT2D eigenvalue weighted by Gasteiger charge is -2.11. The van der Waals surface area contributed by atoms with Crippen molar-refractivity contribution in [2.24, 2.45) is 0 Å². The van der Waals surface area contributed by atoms with Crippen molar-refractivity contribution in [2.75, 3.05) is 0 Å². The van der Waals surface area contributed by atoms with Gasteiger partial charge in [-0.1, -0.05) is 30.7 Å². The molecular formula is C15H20O. The number of phenols is 1. The number of hydrogen-bond acceptors (Lipinski definition) is 1. The van der Waals surface area contributed by atoms with Crippen LogP contribution < -0.4 is 0 Å². The summed E-state index contributed by atoms with van der Waals surface area (Å²) in [5, 5.41) is 10.2. The van der Waals surface area contributed by atoms with Crippen molar-refractivity contribution in [1.82, 2.24) is 0 Å². The van der Waals surface area contributed by atoms with Gasteiger partial charge in [0.1, 0.15) is 5.75 Å². The molecule has 0 saturated heterocycles. The van der Waals surface area contributed by atoms with E-state index in [2.05, 4.69) is 32.9 Å². The van der Waals surface area contributed by atoms with Gasteiger partial charge >= 0.3 is 0 Å². The van der Waals surface area contributed by atoms with Crippen LogP contribution in [0.3, 0.4) is 0 Å². The number of allylic oxidation sites excluding steroid dienone is 2. The van der Waals surface area contributed by atoms with Gasteiger partial charge in [-0.3, -0.25) is 0 Å². The van der Waals surface area contributed by atoms with Gasteiger partial charge in [-0.2, -0.15) is 0 Å². The van der Waals surface area contributed by atoms with E-state index < -0.39 is 0 Å². The highest BCUT2D eigenvalue weighted by molar-refractivity contribution is 5.52. The van der Waals surface area contributed by atoms with Gasteiger partial charge in [0.2, 0.25) is 0 Å². The second kappa shape index (κ2) is 3.97. The van der Waals surface area contributed by atoms with Gasteiger partial charge in [-0.25, -0.2) is 0 Å². The van der Waals surface area contributed by atoms with E-state index >= 15 is 0 Å². The summed E-state index contributed by atoms with van der Waals surface area (Å²) in [5.41, 5.74) is 4.80. The van der Waals surface area contributed by atoms with E-state index in [9.17, 15) is 5.11 Å². The molecule has 1 aromatic carbocycles. The molecule has 0 spiro atoms. The van der Waals surface area contributed by atoms with E-state index in [1.54, 1.807) is 0 Å². The molecule has 0 aliphatic heterocycles. The summed E-state index contributed by atoms with van der Waals surface area (Å²) in [6, 6.07) is 4.20. The third kappa shape index (κ3) is 1.75. The second-order valence-electron chi connectivity index (χ2n) is 5.22. The fraction of sp³-hybridized carbons (Fsp3) is 0.467. The highest BCUT2D eigenvalue weighted by Gasteiger charge is 2.29. The van der Waals surface area contributed by atoms with E-state index in [1.165, 1.54) is 11.1 Å². The third-order valence-electron chi connectivity index (χ3n) is 3.50. The van der Waals surface area contributed by atoms with Crippen LogP contribution >= 0.6 is 0 Å². The van der Waals surface area contributed by atoms with Crippen LogP contribution in [-0.4, -0.2) is 5.11 Å². The molecular weight excluding hydrogens is 196 g/mol. The predicted molar refractivity (Wildman–Crippen MR) is 68.0 cm³/mol. The van der Waals surface area contributed by atoms with Crippen molar-refractivity contribution in [3.05, 3.63) is 40.5 Å². The third-order valence-corrected chi connectivity index (χ3v) is 3.50. The summed E-state index contributed by atoms with van der Waals surface area (Å²) >= 11 is 0. The van der Waals surface area contributed by atoms with Gasteiger partial charge in [0.05, 0.1) is 0 Å². The van der Waals surface area contributed by atoms with Crippen LogP contribution in [0.4, 0.5) is 0 Å². The fourth-order valence-corrected chi connectivity index (χ4v) is 2.73. The summed E-state index contributed by atoms with van der Waals surface area (Å²) in [7, 11) is 0. The van der Waals surface area contributed by atoms with Gasteiger partial charge in [0.25, 0.3) is 0 Å². The Morgan fingerprint density at radius 2 is 2.06 bits per heavy atom. The van der Waals surface area contributed by atoms with Crippen LogP contribution in [-0.2, 0) is 0 Å². The molecule has 2 rings (SSSR count). The van der Waals surface area contributed by atoms with E-state index in [1.807, 2.05) is 13.0 Å². The summed E-state index contributed by atoms with van der Waals surface area (Å²) < 4.78 is 0. The molecule has 0 bridgehead atoms. The maximum Gasteiger partial charge on any atom is 0.122 e. The molecule has 2 atom stereocenters. The molecule has 1 N–H and O–H groups in total. The Hall–Kier alpha value is -1.24. The average molecular weight is 216 g/mol. The van der Waals surface area contributed by atoms with Crippen LogP contribution in [0.1, 0.15) is 55.7 Å². The lowest BCUT2D eigenvalue weighted by molar-refractivity contribution is 0.462. The Morgan fingerprint density at radius 1 is 1.38 bits per heavy atom. The summed E-state index contributed by atoms with van der Waals surface area (Å²) in [4.78, 5) is 0. The molecule has 0 unspecified atom stereocenters. The highest BCUT2D eigenvalue weighted by Crippen LogP contribution is 2.47. The molecule has 1 heteroatoms. The maximum atomic E-state index is 10.2. The topological polar surface area (TPSA) is 20.2 Å². The number of fused-ring (bicyclic) bond motifs is 1. The SMILES string of the molecule is CC(C)=C[C@@H]1C[C@H](C)c2ccc(C)c(O)c21. The Balaban J connectivity index is 2.55. The molecule has 1 nitrogen and oxygen atoms in total. The van der Waals surface area contributed by atoms with E-state index in [0.717, 1.165) is 17.5 Å². The largest absolute Gasteiger partial charge is 0.507 e. The van der Waals surface area contributed by atoms with Crippen LogP contribution in [0.15, 0.2) is 23.8 Å². The van der Waals surface area contributed by atoms with Crippen LogP contribution in [0, 0.1) is 6.92 Å². The van der Waals surface area contributed by atoms with Gasteiger partial charge in [-0.05, 0) is 44.2 Å². The normalized spacial score (nSPS) is 23.0. The standard InChI is InChI=1S/C15H20O/c1-9(2)7-12-8-11(4)13-6-5-10(3)15(16)14(12)13/h5-7,11-12,16H,8H2,1-4H3/t11-,12+/m0/s1. The second-order valence-corrected chi connectivity index (χ2v) is 5.22. The lowest BCUT2D eigenvalue weighted by atomic mass is 9.96. The molecule has 0 heterocycles. The van der Waals surface area contributed by atoms with Gasteiger partial charge in [-0.15, -0.1) is 0 Å². The van der Waals surface area contributed by atoms with Crippen LogP contribution in [0.2, 0.25) is 0 Å². The molecule has 16 heavy (non-hydrogen) atoms. The van der Waals surface area contributed by atoms with Gasteiger partial charge in [0.15, 0.2) is 0 Å². The van der Waals surface area contributed by atoms with Gasteiger partial charge in [0, 0.05) is 11.5 Å². The maximum absolute atomic E-state index is 10.2. The number of benzene rings is 1. The van der Waals surface area contributed by atoms with Crippen molar-refractivity contribution < 1.29 is 5.11 Å². The van der Waals surface area contributed by atoms with Crippen molar-refractivity contribution in [1.29, 1.82) is 0 Å². The first kappa shape index (κ1) is 11.3. The smallest absolute Gasteiger partial charge is 0.122 e. The fourth-order valence-electron chi connectivity index (χ4n) is 2.73. The Labute approximate surface area is 97.8 Å². The number of hydrogen-bond donors (Lipinski definition) is 1. The van der Waals surface area contributed by atoms with Crippen molar-refractivity contribution >= 4 is 0 Å². The van der Waals surface area contributed by atoms with E-state index in [-0.39, 0.29) is 0 Å². The molecule has 0 fully saturated rings. The predicted octanol–water partition coefficient (Wildman–Crippen LogP) is 4.26. The zero-order valence-corrected chi connectivity index (χ0v) is 10.5.